The largest absolute Gasteiger partial charge is 0.344 e. The van der Waals surface area contributed by atoms with Crippen LogP contribution < -0.4 is 0 Å². The number of hydrogen-bond acceptors (Lipinski definition) is 3. The van der Waals surface area contributed by atoms with Crippen LogP contribution in [0.15, 0.2) is 23.1 Å². The van der Waals surface area contributed by atoms with Gasteiger partial charge in [0.05, 0.1) is 4.90 Å². The molecule has 0 radical (unpaired) electrons. The van der Waals surface area contributed by atoms with E-state index in [1.807, 2.05) is 0 Å². The number of Topliss-reactive ketones (excluding diaryl/α,β-unsaturated/α-hetero) is 1. The van der Waals surface area contributed by atoms with E-state index in [0.29, 0.717) is 0 Å². The minimum atomic E-state index is -4.52. The Morgan fingerprint density at radius 2 is 1.89 bits per heavy atom. The maximum Gasteiger partial charge on any atom is 0.344 e. The van der Waals surface area contributed by atoms with E-state index in [9.17, 15) is 30.8 Å². The zero-order chi connectivity index (χ0) is 13.7. The third-order valence-electron chi connectivity index (χ3n) is 2.66. The van der Waals surface area contributed by atoms with Crippen molar-refractivity contribution in [1.82, 2.24) is 0 Å². The number of sulfone groups is 1. The molecule has 0 amide bonds. The molecule has 1 unspecified atom stereocenters. The molecule has 1 aromatic rings. The van der Waals surface area contributed by atoms with Crippen LogP contribution in [0.25, 0.3) is 0 Å². The molecule has 0 bridgehead atoms. The Morgan fingerprint density at radius 1 is 1.28 bits per heavy atom. The highest BCUT2D eigenvalue weighted by Gasteiger charge is 2.57. The number of carbonyl (C=O) groups is 1. The average Bonchev–Trinajstić information content (AvgIpc) is 2.51. The smallest absolute Gasteiger partial charge is 0.287 e. The van der Waals surface area contributed by atoms with Crippen molar-refractivity contribution in [1.29, 1.82) is 0 Å². The molecule has 0 saturated carbocycles. The topological polar surface area (TPSA) is 51.2 Å². The molecule has 0 spiro atoms. The highest BCUT2D eigenvalue weighted by atomic mass is 32.2. The van der Waals surface area contributed by atoms with Crippen LogP contribution in [0.4, 0.5) is 17.6 Å². The number of fused-ring (bicyclic) bond motifs is 1. The highest BCUT2D eigenvalue weighted by molar-refractivity contribution is 7.91. The lowest BCUT2D eigenvalue weighted by Crippen LogP contribution is -2.27. The lowest BCUT2D eigenvalue weighted by molar-refractivity contribution is -0.0364. The van der Waals surface area contributed by atoms with E-state index in [1.165, 1.54) is 0 Å². The Balaban J connectivity index is 2.78. The molecule has 2 rings (SSSR count). The fourth-order valence-corrected chi connectivity index (χ4v) is 2.72. The van der Waals surface area contributed by atoms with Crippen LogP contribution >= 0.6 is 0 Å². The van der Waals surface area contributed by atoms with Gasteiger partial charge in [0.1, 0.15) is 0 Å². The van der Waals surface area contributed by atoms with Gasteiger partial charge in [-0.1, -0.05) is 12.1 Å². The summed E-state index contributed by atoms with van der Waals surface area (Å²) in [6, 6.07) is 0.831. The minimum absolute atomic E-state index is 0.723. The van der Waals surface area contributed by atoms with E-state index in [1.54, 1.807) is 0 Å². The first kappa shape index (κ1) is 13.0. The Labute approximate surface area is 99.3 Å². The van der Waals surface area contributed by atoms with Crippen LogP contribution in [0, 0.1) is 0 Å². The first-order valence-electron chi connectivity index (χ1n) is 4.72. The normalized spacial score (nSPS) is 22.0. The summed E-state index contributed by atoms with van der Waals surface area (Å²) >= 11 is 0. The summed E-state index contributed by atoms with van der Waals surface area (Å²) in [7, 11) is -4.52. The Kier molecular flexibility index (Phi) is 2.73. The van der Waals surface area contributed by atoms with Crippen molar-refractivity contribution in [2.24, 2.45) is 0 Å². The summed E-state index contributed by atoms with van der Waals surface area (Å²) in [5.41, 5.74) is -1.67. The second-order valence-corrected chi connectivity index (χ2v) is 5.65. The van der Waals surface area contributed by atoms with Crippen LogP contribution in [0.2, 0.25) is 0 Å². The second-order valence-electron chi connectivity index (χ2n) is 3.76. The van der Waals surface area contributed by atoms with E-state index in [-0.39, 0.29) is 0 Å². The predicted molar refractivity (Wildman–Crippen MR) is 52.7 cm³/mol. The van der Waals surface area contributed by atoms with Crippen molar-refractivity contribution >= 4 is 15.6 Å². The number of benzene rings is 1. The van der Waals surface area contributed by atoms with Gasteiger partial charge >= 0.3 is 5.92 Å². The van der Waals surface area contributed by atoms with Crippen LogP contribution in [0.1, 0.15) is 22.1 Å². The van der Waals surface area contributed by atoms with Gasteiger partial charge in [0.2, 0.25) is 15.6 Å². The molecule has 1 aliphatic carbocycles. The molecule has 18 heavy (non-hydrogen) atoms. The van der Waals surface area contributed by atoms with Gasteiger partial charge in [0.25, 0.3) is 0 Å². The van der Waals surface area contributed by atoms with E-state index in [4.69, 9.17) is 0 Å². The van der Waals surface area contributed by atoms with Crippen LogP contribution in [0.3, 0.4) is 0 Å². The summed E-state index contributed by atoms with van der Waals surface area (Å²) < 4.78 is 74.7. The first-order chi connectivity index (χ1) is 8.23. The Bertz CT molecular complexity index is 624. The van der Waals surface area contributed by atoms with E-state index >= 15 is 0 Å². The molecule has 0 saturated heterocycles. The SMILES string of the molecule is O=C1c2c(cccc2S(=O)(=O)CF)C(F)C1(F)F. The van der Waals surface area contributed by atoms with Gasteiger partial charge in [-0.15, -0.1) is 0 Å². The lowest BCUT2D eigenvalue weighted by Gasteiger charge is -2.08. The monoisotopic (exact) mass is 282 g/mol. The Hall–Kier alpha value is -1.44. The second kappa shape index (κ2) is 3.78. The Morgan fingerprint density at radius 3 is 2.44 bits per heavy atom. The molecule has 1 aliphatic rings. The highest BCUT2D eigenvalue weighted by Crippen LogP contribution is 2.47. The van der Waals surface area contributed by atoms with Gasteiger partial charge in [-0.2, -0.15) is 8.78 Å². The molecule has 0 fully saturated rings. The maximum atomic E-state index is 13.4. The maximum absolute atomic E-state index is 13.4. The molecular weight excluding hydrogens is 276 g/mol. The van der Waals surface area contributed by atoms with Crippen molar-refractivity contribution in [2.75, 3.05) is 6.01 Å². The number of halogens is 4. The molecule has 0 heterocycles. The van der Waals surface area contributed by atoms with Crippen LogP contribution in [0.5, 0.6) is 0 Å². The summed E-state index contributed by atoms with van der Waals surface area (Å²) in [5.74, 6) is -6.25. The van der Waals surface area contributed by atoms with Gasteiger partial charge in [-0.3, -0.25) is 4.79 Å². The molecule has 1 aromatic carbocycles. The number of hydrogen-bond donors (Lipinski definition) is 0. The van der Waals surface area contributed by atoms with Gasteiger partial charge in [-0.05, 0) is 6.07 Å². The molecule has 1 atom stereocenters. The summed E-state index contributed by atoms with van der Waals surface area (Å²) in [4.78, 5) is 10.4. The van der Waals surface area contributed by atoms with Gasteiger partial charge in [0, 0.05) is 11.1 Å². The van der Waals surface area contributed by atoms with Crippen LogP contribution in [-0.4, -0.2) is 26.1 Å². The summed E-state index contributed by atoms with van der Waals surface area (Å²) in [5, 5.41) is 0. The number of alkyl halides is 4. The fraction of sp³-hybridized carbons (Fsp3) is 0.300. The van der Waals surface area contributed by atoms with E-state index in [2.05, 4.69) is 0 Å². The van der Waals surface area contributed by atoms with Gasteiger partial charge < -0.3 is 0 Å². The van der Waals surface area contributed by atoms with Crippen molar-refractivity contribution in [3.8, 4) is 0 Å². The third kappa shape index (κ3) is 1.55. The molecule has 0 aromatic heterocycles. The minimum Gasteiger partial charge on any atom is -0.287 e. The van der Waals surface area contributed by atoms with Crippen molar-refractivity contribution < 1.29 is 30.8 Å². The standard InChI is InChI=1S/C10H6F4O3S/c11-4-18(16,17)6-3-1-2-5-7(6)9(15)10(13,14)8(5)12/h1-3,8H,4H2. The van der Waals surface area contributed by atoms with Crippen molar-refractivity contribution in [3.63, 3.8) is 0 Å². The zero-order valence-corrected chi connectivity index (χ0v) is 9.48. The average molecular weight is 282 g/mol. The number of rotatable bonds is 2. The third-order valence-corrected chi connectivity index (χ3v) is 3.96. The molecule has 3 nitrogen and oxygen atoms in total. The molecule has 8 heteroatoms. The molecule has 0 aliphatic heterocycles. The number of carbonyl (C=O) groups excluding carboxylic acids is 1. The number of ketones is 1. The van der Waals surface area contributed by atoms with Gasteiger partial charge in [0.15, 0.2) is 12.2 Å². The fourth-order valence-electron chi connectivity index (χ4n) is 1.80. The molecule has 98 valence electrons. The summed E-state index contributed by atoms with van der Waals surface area (Å²) in [6.07, 6.45) is -2.91. The first-order valence-corrected chi connectivity index (χ1v) is 6.37. The molecular formula is C10H6F4O3S. The molecule has 0 N–H and O–H groups in total. The van der Waals surface area contributed by atoms with Crippen molar-refractivity contribution in [3.05, 3.63) is 29.3 Å². The van der Waals surface area contributed by atoms with Gasteiger partial charge in [-0.25, -0.2) is 17.2 Å². The van der Waals surface area contributed by atoms with E-state index in [0.717, 1.165) is 18.2 Å². The van der Waals surface area contributed by atoms with Crippen LogP contribution in [-0.2, 0) is 9.84 Å². The summed E-state index contributed by atoms with van der Waals surface area (Å²) in [6.45, 7) is 0. The predicted octanol–water partition coefficient (Wildman–Crippen LogP) is 2.23. The lowest BCUT2D eigenvalue weighted by atomic mass is 10.1. The van der Waals surface area contributed by atoms with E-state index < -0.39 is 49.7 Å². The quantitative estimate of drug-likeness (QED) is 0.782. The zero-order valence-electron chi connectivity index (χ0n) is 8.66. The van der Waals surface area contributed by atoms with Crippen molar-refractivity contribution in [2.45, 2.75) is 17.0 Å².